The Hall–Kier alpha value is -1.39. The molecular formula is C15H21N3O. The molecule has 3 rings (SSSR count). The van der Waals surface area contributed by atoms with Crippen LogP contribution in [0.5, 0.6) is 0 Å². The van der Waals surface area contributed by atoms with E-state index in [0.29, 0.717) is 0 Å². The summed E-state index contributed by atoms with van der Waals surface area (Å²) in [6, 6.07) is 6.26. The molecule has 4 heteroatoms. The zero-order chi connectivity index (χ0) is 13.1. The molecule has 0 saturated carbocycles. The van der Waals surface area contributed by atoms with Gasteiger partial charge < -0.3 is 14.6 Å². The first-order valence-corrected chi connectivity index (χ1v) is 7.02. The van der Waals surface area contributed by atoms with Crippen molar-refractivity contribution < 1.29 is 4.42 Å². The fraction of sp³-hybridized carbons (Fsp3) is 0.533. The van der Waals surface area contributed by atoms with Crippen LogP contribution in [0.25, 0.3) is 11.1 Å². The van der Waals surface area contributed by atoms with Crippen LogP contribution in [0.2, 0.25) is 0 Å². The van der Waals surface area contributed by atoms with Crippen LogP contribution in [0.4, 0.5) is 0 Å². The van der Waals surface area contributed by atoms with Crippen molar-refractivity contribution >= 4 is 11.1 Å². The van der Waals surface area contributed by atoms with E-state index in [-0.39, 0.29) is 0 Å². The number of aromatic nitrogens is 1. The topological polar surface area (TPSA) is 41.3 Å². The van der Waals surface area contributed by atoms with Gasteiger partial charge in [0.2, 0.25) is 0 Å². The summed E-state index contributed by atoms with van der Waals surface area (Å²) in [4.78, 5) is 6.53. The molecule has 2 heterocycles. The van der Waals surface area contributed by atoms with Crippen molar-refractivity contribution in [3.05, 3.63) is 30.2 Å². The first-order valence-electron chi connectivity index (χ1n) is 7.02. The highest BCUT2D eigenvalue weighted by atomic mass is 16.3. The van der Waals surface area contributed by atoms with Gasteiger partial charge in [-0.3, -0.25) is 0 Å². The summed E-state index contributed by atoms with van der Waals surface area (Å²) in [5.41, 5.74) is 3.10. The van der Waals surface area contributed by atoms with Crippen molar-refractivity contribution in [1.82, 2.24) is 15.2 Å². The number of hydrogen-bond donors (Lipinski definition) is 1. The normalized spacial score (nSPS) is 19.6. The summed E-state index contributed by atoms with van der Waals surface area (Å²) in [6.45, 7) is 4.51. The third-order valence-corrected chi connectivity index (χ3v) is 3.93. The highest BCUT2D eigenvalue weighted by Gasteiger charge is 2.14. The van der Waals surface area contributed by atoms with Crippen LogP contribution >= 0.6 is 0 Å². The van der Waals surface area contributed by atoms with Crippen molar-refractivity contribution in [2.45, 2.75) is 19.4 Å². The lowest BCUT2D eigenvalue weighted by Crippen LogP contribution is -2.22. The largest absolute Gasteiger partial charge is 0.443 e. The number of benzene rings is 1. The molecule has 0 radical (unpaired) electrons. The van der Waals surface area contributed by atoms with Gasteiger partial charge in [0, 0.05) is 6.54 Å². The Morgan fingerprint density at radius 3 is 3.26 bits per heavy atom. The Kier molecular flexibility index (Phi) is 3.80. The second-order valence-electron chi connectivity index (χ2n) is 5.54. The molecule has 0 bridgehead atoms. The van der Waals surface area contributed by atoms with E-state index < -0.39 is 0 Å². The molecular weight excluding hydrogens is 238 g/mol. The van der Waals surface area contributed by atoms with E-state index in [1.807, 2.05) is 6.07 Å². The number of hydrogen-bond acceptors (Lipinski definition) is 4. The Morgan fingerprint density at radius 2 is 2.42 bits per heavy atom. The van der Waals surface area contributed by atoms with Crippen molar-refractivity contribution in [1.29, 1.82) is 0 Å². The molecule has 0 aliphatic carbocycles. The Labute approximate surface area is 113 Å². The van der Waals surface area contributed by atoms with Crippen molar-refractivity contribution in [2.24, 2.45) is 5.92 Å². The number of oxazole rings is 1. The molecule has 1 aromatic carbocycles. The third-order valence-electron chi connectivity index (χ3n) is 3.93. The maximum atomic E-state index is 5.34. The van der Waals surface area contributed by atoms with Crippen LogP contribution in [0.1, 0.15) is 18.4 Å². The molecule has 1 aliphatic rings. The van der Waals surface area contributed by atoms with Crippen molar-refractivity contribution in [3.63, 3.8) is 0 Å². The second-order valence-corrected chi connectivity index (χ2v) is 5.54. The molecule has 1 fully saturated rings. The lowest BCUT2D eigenvalue weighted by Gasteiger charge is -2.18. The van der Waals surface area contributed by atoms with Crippen LogP contribution in [0.3, 0.4) is 0 Å². The van der Waals surface area contributed by atoms with Gasteiger partial charge in [-0.25, -0.2) is 4.98 Å². The van der Waals surface area contributed by atoms with E-state index in [1.165, 1.54) is 37.9 Å². The van der Waals surface area contributed by atoms with Crippen molar-refractivity contribution in [2.75, 3.05) is 26.7 Å². The van der Waals surface area contributed by atoms with Gasteiger partial charge in [0.05, 0.1) is 0 Å². The molecule has 2 aromatic rings. The lowest BCUT2D eigenvalue weighted by atomic mass is 10.0. The SMILES string of the molecule is CN(CCC1CCNC1)Cc1ccc2ncoc2c1. The lowest BCUT2D eigenvalue weighted by molar-refractivity contribution is 0.298. The maximum Gasteiger partial charge on any atom is 0.181 e. The van der Waals surface area contributed by atoms with Gasteiger partial charge in [-0.05, 0) is 63.1 Å². The standard InChI is InChI=1S/C15H21N3O/c1-18(7-5-12-4-6-16-9-12)10-13-2-3-14-15(8-13)19-11-17-14/h2-3,8,11-12,16H,4-7,9-10H2,1H3. The predicted octanol–water partition coefficient (Wildman–Crippen LogP) is 2.26. The molecule has 1 unspecified atom stereocenters. The van der Waals surface area contributed by atoms with E-state index in [9.17, 15) is 0 Å². The fourth-order valence-corrected chi connectivity index (χ4v) is 2.75. The third kappa shape index (κ3) is 3.14. The van der Waals surface area contributed by atoms with Crippen LogP contribution in [-0.2, 0) is 6.54 Å². The Balaban J connectivity index is 1.54. The van der Waals surface area contributed by atoms with Crippen LogP contribution < -0.4 is 5.32 Å². The summed E-state index contributed by atoms with van der Waals surface area (Å²) in [7, 11) is 2.19. The van der Waals surface area contributed by atoms with E-state index in [2.05, 4.69) is 34.4 Å². The molecule has 1 saturated heterocycles. The molecule has 1 N–H and O–H groups in total. The number of fused-ring (bicyclic) bond motifs is 1. The van der Waals surface area contributed by atoms with Gasteiger partial charge in [0.1, 0.15) is 5.52 Å². The zero-order valence-electron chi connectivity index (χ0n) is 11.4. The van der Waals surface area contributed by atoms with E-state index >= 15 is 0 Å². The van der Waals surface area contributed by atoms with E-state index in [0.717, 1.165) is 30.1 Å². The fourth-order valence-electron chi connectivity index (χ4n) is 2.75. The van der Waals surface area contributed by atoms with E-state index in [1.54, 1.807) is 0 Å². The first-order chi connectivity index (χ1) is 9.31. The molecule has 1 aromatic heterocycles. The Bertz CT molecular complexity index is 531. The minimum Gasteiger partial charge on any atom is -0.443 e. The van der Waals surface area contributed by atoms with Gasteiger partial charge in [0.25, 0.3) is 0 Å². The number of rotatable bonds is 5. The highest BCUT2D eigenvalue weighted by molar-refractivity contribution is 5.72. The maximum absolute atomic E-state index is 5.34. The second kappa shape index (κ2) is 5.72. The molecule has 1 atom stereocenters. The molecule has 4 nitrogen and oxygen atoms in total. The molecule has 0 amide bonds. The van der Waals surface area contributed by atoms with Crippen LogP contribution in [0.15, 0.2) is 29.0 Å². The average Bonchev–Trinajstić information content (AvgIpc) is 3.07. The minimum absolute atomic E-state index is 0.860. The molecule has 102 valence electrons. The van der Waals surface area contributed by atoms with Gasteiger partial charge in [-0.1, -0.05) is 6.07 Å². The molecule has 0 spiro atoms. The minimum atomic E-state index is 0.860. The summed E-state index contributed by atoms with van der Waals surface area (Å²) < 4.78 is 5.34. The monoisotopic (exact) mass is 259 g/mol. The predicted molar refractivity (Wildman–Crippen MR) is 75.9 cm³/mol. The number of nitrogens with one attached hydrogen (secondary N) is 1. The summed E-state index contributed by atoms with van der Waals surface area (Å²) in [6.07, 6.45) is 4.12. The van der Waals surface area contributed by atoms with Crippen LogP contribution in [0, 0.1) is 5.92 Å². The average molecular weight is 259 g/mol. The summed E-state index contributed by atoms with van der Waals surface area (Å²) in [5, 5.41) is 3.43. The highest BCUT2D eigenvalue weighted by Crippen LogP contribution is 2.16. The van der Waals surface area contributed by atoms with Gasteiger partial charge in [-0.15, -0.1) is 0 Å². The quantitative estimate of drug-likeness (QED) is 0.894. The number of nitrogens with zero attached hydrogens (tertiary/aromatic N) is 2. The van der Waals surface area contributed by atoms with Crippen molar-refractivity contribution in [3.8, 4) is 0 Å². The summed E-state index contributed by atoms with van der Waals surface area (Å²) >= 11 is 0. The summed E-state index contributed by atoms with van der Waals surface area (Å²) in [5.74, 6) is 0.860. The van der Waals surface area contributed by atoms with Gasteiger partial charge >= 0.3 is 0 Å². The Morgan fingerprint density at radius 1 is 1.47 bits per heavy atom. The zero-order valence-corrected chi connectivity index (χ0v) is 11.4. The van der Waals surface area contributed by atoms with E-state index in [4.69, 9.17) is 4.42 Å². The first kappa shape index (κ1) is 12.6. The van der Waals surface area contributed by atoms with Crippen LogP contribution in [-0.4, -0.2) is 36.6 Å². The molecule has 1 aliphatic heterocycles. The van der Waals surface area contributed by atoms with Gasteiger partial charge in [-0.2, -0.15) is 0 Å². The molecule has 19 heavy (non-hydrogen) atoms. The smallest absolute Gasteiger partial charge is 0.181 e. The van der Waals surface area contributed by atoms with Gasteiger partial charge in [0.15, 0.2) is 12.0 Å².